The van der Waals surface area contributed by atoms with Crippen LogP contribution in [-0.4, -0.2) is 19.0 Å². The number of nitrogens with one attached hydrogen (secondary N) is 1. The number of ether oxygens (including phenoxy) is 1. The fourth-order valence-corrected chi connectivity index (χ4v) is 0.982. The first-order valence-corrected chi connectivity index (χ1v) is 4.27. The number of hydrogen-bond acceptors (Lipinski definition) is 3. The highest BCUT2D eigenvalue weighted by Crippen LogP contribution is 2.15. The molecule has 0 aromatic heterocycles. The minimum absolute atomic E-state index is 0.175. The molecule has 0 saturated heterocycles. The van der Waals surface area contributed by atoms with Crippen LogP contribution < -0.4 is 21.6 Å². The van der Waals surface area contributed by atoms with Gasteiger partial charge in [0.2, 0.25) is 5.96 Å². The summed E-state index contributed by atoms with van der Waals surface area (Å²) in [5.41, 5.74) is 11.8. The van der Waals surface area contributed by atoms with Gasteiger partial charge in [-0.15, -0.1) is 5.10 Å². The van der Waals surface area contributed by atoms with Crippen molar-refractivity contribution in [3.8, 4) is 5.75 Å². The molecule has 0 atom stereocenters. The van der Waals surface area contributed by atoms with Crippen LogP contribution in [0.1, 0.15) is 10.4 Å². The van der Waals surface area contributed by atoms with Crippen LogP contribution >= 0.6 is 0 Å². The summed E-state index contributed by atoms with van der Waals surface area (Å²) in [7, 11) is 1.40. The number of carbonyl (C=O) groups is 1. The number of hydrogen-bond donors (Lipinski definition) is 3. The molecule has 0 saturated carbocycles. The van der Waals surface area contributed by atoms with E-state index >= 15 is 0 Å². The van der Waals surface area contributed by atoms with Gasteiger partial charge in [0.1, 0.15) is 11.6 Å². The standard InChI is InChI=1S/C9H11FN4O2/c1-16-5-2-3-6(7(10)4-5)8(15)13-14-9(11)12/h2-4H,1H3,(H,13,15)(H4,11,12,14). The maximum atomic E-state index is 13.4. The van der Waals surface area contributed by atoms with E-state index in [9.17, 15) is 9.18 Å². The highest BCUT2D eigenvalue weighted by Gasteiger charge is 2.11. The lowest BCUT2D eigenvalue weighted by Crippen LogP contribution is -2.29. The van der Waals surface area contributed by atoms with E-state index in [-0.39, 0.29) is 11.5 Å². The highest BCUT2D eigenvalue weighted by molar-refractivity contribution is 5.95. The monoisotopic (exact) mass is 226 g/mol. The number of carbonyl (C=O) groups excluding carboxylic acids is 1. The van der Waals surface area contributed by atoms with Crippen molar-refractivity contribution in [3.63, 3.8) is 0 Å². The predicted molar refractivity (Wildman–Crippen MR) is 56.2 cm³/mol. The van der Waals surface area contributed by atoms with Crippen molar-refractivity contribution >= 4 is 11.9 Å². The van der Waals surface area contributed by atoms with Crippen LogP contribution in [0, 0.1) is 5.82 Å². The SMILES string of the molecule is COc1ccc(C(=O)NN=C(N)N)c(F)c1. The van der Waals surface area contributed by atoms with Crippen LogP contribution in [0.15, 0.2) is 23.3 Å². The second kappa shape index (κ2) is 4.96. The first kappa shape index (κ1) is 11.8. The Balaban J connectivity index is 2.88. The summed E-state index contributed by atoms with van der Waals surface area (Å²) in [6.07, 6.45) is 0. The van der Waals surface area contributed by atoms with Crippen molar-refractivity contribution in [2.75, 3.05) is 7.11 Å². The molecule has 16 heavy (non-hydrogen) atoms. The van der Waals surface area contributed by atoms with Crippen molar-refractivity contribution in [2.45, 2.75) is 0 Å². The van der Waals surface area contributed by atoms with E-state index in [4.69, 9.17) is 16.2 Å². The minimum Gasteiger partial charge on any atom is -0.497 e. The Morgan fingerprint density at radius 2 is 2.19 bits per heavy atom. The van der Waals surface area contributed by atoms with E-state index in [1.807, 2.05) is 5.43 Å². The van der Waals surface area contributed by atoms with E-state index in [1.165, 1.54) is 19.2 Å². The van der Waals surface area contributed by atoms with Crippen molar-refractivity contribution in [2.24, 2.45) is 16.6 Å². The zero-order valence-corrected chi connectivity index (χ0v) is 8.53. The average Bonchev–Trinajstić information content (AvgIpc) is 2.25. The van der Waals surface area contributed by atoms with E-state index in [0.29, 0.717) is 5.75 Å². The van der Waals surface area contributed by atoms with Crippen molar-refractivity contribution in [3.05, 3.63) is 29.6 Å². The number of nitrogens with two attached hydrogens (primary N) is 2. The summed E-state index contributed by atoms with van der Waals surface area (Å²) in [6, 6.07) is 3.81. The predicted octanol–water partition coefficient (Wildman–Crippen LogP) is -0.247. The van der Waals surface area contributed by atoms with Gasteiger partial charge in [-0.05, 0) is 12.1 Å². The Morgan fingerprint density at radius 1 is 1.50 bits per heavy atom. The van der Waals surface area contributed by atoms with Gasteiger partial charge in [-0.2, -0.15) is 0 Å². The Hall–Kier alpha value is -2.31. The number of guanidine groups is 1. The molecule has 86 valence electrons. The number of hydrazone groups is 1. The Labute approximate surface area is 91.1 Å². The summed E-state index contributed by atoms with van der Waals surface area (Å²) in [6.45, 7) is 0. The van der Waals surface area contributed by atoms with Crippen LogP contribution in [0.25, 0.3) is 0 Å². The molecule has 6 nitrogen and oxygen atoms in total. The number of nitrogens with zero attached hydrogens (tertiary/aromatic N) is 1. The van der Waals surface area contributed by atoms with Crippen molar-refractivity contribution in [1.82, 2.24) is 5.43 Å². The smallest absolute Gasteiger partial charge is 0.274 e. The summed E-state index contributed by atoms with van der Waals surface area (Å²) in [5.74, 6) is -1.46. The molecule has 0 aliphatic carbocycles. The maximum absolute atomic E-state index is 13.4. The van der Waals surface area contributed by atoms with Gasteiger partial charge >= 0.3 is 0 Å². The largest absolute Gasteiger partial charge is 0.497 e. The van der Waals surface area contributed by atoms with E-state index in [0.717, 1.165) is 6.07 Å². The number of rotatable bonds is 3. The summed E-state index contributed by atoms with van der Waals surface area (Å²) in [4.78, 5) is 11.4. The highest BCUT2D eigenvalue weighted by atomic mass is 19.1. The molecule has 1 rings (SSSR count). The number of benzene rings is 1. The Kier molecular flexibility index (Phi) is 3.65. The molecule has 7 heteroatoms. The van der Waals surface area contributed by atoms with Gasteiger partial charge in [-0.25, -0.2) is 9.82 Å². The molecule has 0 radical (unpaired) electrons. The zero-order valence-electron chi connectivity index (χ0n) is 8.53. The summed E-state index contributed by atoms with van der Waals surface area (Å²) < 4.78 is 18.1. The molecule has 0 unspecified atom stereocenters. The number of halogens is 1. The van der Waals surface area contributed by atoms with Gasteiger partial charge in [0, 0.05) is 6.07 Å². The molecule has 1 aromatic carbocycles. The second-order valence-corrected chi connectivity index (χ2v) is 2.82. The van der Waals surface area contributed by atoms with E-state index in [2.05, 4.69) is 5.10 Å². The molecule has 1 aromatic rings. The maximum Gasteiger partial charge on any atom is 0.274 e. The molecule has 0 bridgehead atoms. The lowest BCUT2D eigenvalue weighted by molar-refractivity contribution is 0.0950. The minimum atomic E-state index is -0.742. The molecule has 0 spiro atoms. The average molecular weight is 226 g/mol. The first-order chi connectivity index (χ1) is 7.54. The Morgan fingerprint density at radius 3 is 2.69 bits per heavy atom. The molecule has 0 heterocycles. The third-order valence-electron chi connectivity index (χ3n) is 1.71. The van der Waals surface area contributed by atoms with Crippen LogP contribution in [-0.2, 0) is 0 Å². The van der Waals surface area contributed by atoms with E-state index < -0.39 is 11.7 Å². The van der Waals surface area contributed by atoms with Gasteiger partial charge in [0.05, 0.1) is 12.7 Å². The lowest BCUT2D eigenvalue weighted by Gasteiger charge is -2.04. The van der Waals surface area contributed by atoms with Gasteiger partial charge in [-0.3, -0.25) is 4.79 Å². The van der Waals surface area contributed by atoms with Crippen LogP contribution in [0.4, 0.5) is 4.39 Å². The summed E-state index contributed by atoms with van der Waals surface area (Å²) >= 11 is 0. The zero-order chi connectivity index (χ0) is 12.1. The molecule has 5 N–H and O–H groups in total. The molecule has 1 amide bonds. The van der Waals surface area contributed by atoms with Crippen LogP contribution in [0.5, 0.6) is 5.75 Å². The lowest BCUT2D eigenvalue weighted by atomic mass is 10.2. The quantitative estimate of drug-likeness (QED) is 0.375. The normalized spacial score (nSPS) is 9.38. The molecule has 0 fully saturated rings. The number of methoxy groups -OCH3 is 1. The first-order valence-electron chi connectivity index (χ1n) is 4.27. The second-order valence-electron chi connectivity index (χ2n) is 2.82. The Bertz CT molecular complexity index is 430. The van der Waals surface area contributed by atoms with E-state index in [1.54, 1.807) is 0 Å². The number of amides is 1. The van der Waals surface area contributed by atoms with Crippen molar-refractivity contribution in [1.29, 1.82) is 0 Å². The van der Waals surface area contributed by atoms with Gasteiger partial charge < -0.3 is 16.2 Å². The topological polar surface area (TPSA) is 103 Å². The third-order valence-corrected chi connectivity index (χ3v) is 1.71. The van der Waals surface area contributed by atoms with Crippen molar-refractivity contribution < 1.29 is 13.9 Å². The molecular weight excluding hydrogens is 215 g/mol. The van der Waals surface area contributed by atoms with Crippen LogP contribution in [0.2, 0.25) is 0 Å². The fraction of sp³-hybridized carbons (Fsp3) is 0.111. The van der Waals surface area contributed by atoms with Gasteiger partial charge in [0.15, 0.2) is 0 Å². The molecular formula is C9H11FN4O2. The summed E-state index contributed by atoms with van der Waals surface area (Å²) in [5, 5.41) is 3.26. The molecule has 0 aliphatic rings. The van der Waals surface area contributed by atoms with Gasteiger partial charge in [-0.1, -0.05) is 0 Å². The van der Waals surface area contributed by atoms with Crippen LogP contribution in [0.3, 0.4) is 0 Å². The fourth-order valence-electron chi connectivity index (χ4n) is 0.982. The van der Waals surface area contributed by atoms with Gasteiger partial charge in [0.25, 0.3) is 5.91 Å². The third kappa shape index (κ3) is 2.84. The molecule has 0 aliphatic heterocycles.